The normalized spacial score (nSPS) is 16.6. The van der Waals surface area contributed by atoms with Gasteiger partial charge in [-0.3, -0.25) is 14.5 Å². The average Bonchev–Trinajstić information content (AvgIpc) is 2.89. The first-order valence-electron chi connectivity index (χ1n) is 8.62. The molecule has 1 unspecified atom stereocenters. The molecule has 7 nitrogen and oxygen atoms in total. The zero-order valence-corrected chi connectivity index (χ0v) is 16.0. The molecule has 0 saturated heterocycles. The number of imidazole rings is 1. The van der Waals surface area contributed by atoms with Crippen LogP contribution in [0.25, 0.3) is 6.08 Å². The maximum atomic E-state index is 12.9. The molecule has 1 atom stereocenters. The molecule has 0 saturated carbocycles. The van der Waals surface area contributed by atoms with E-state index in [0.29, 0.717) is 12.2 Å². The van der Waals surface area contributed by atoms with Crippen LogP contribution in [-0.4, -0.2) is 52.9 Å². The largest absolute Gasteiger partial charge is 0.357 e. The smallest absolute Gasteiger partial charge is 0.272 e. The van der Waals surface area contributed by atoms with Crippen molar-refractivity contribution in [3.8, 4) is 0 Å². The van der Waals surface area contributed by atoms with Crippen LogP contribution >= 0.6 is 0 Å². The minimum absolute atomic E-state index is 0.209. The molecule has 2 heterocycles. The van der Waals surface area contributed by atoms with E-state index in [1.165, 1.54) is 0 Å². The van der Waals surface area contributed by atoms with Gasteiger partial charge in [-0.05, 0) is 25.5 Å². The van der Waals surface area contributed by atoms with Crippen LogP contribution in [0.4, 0.5) is 0 Å². The summed E-state index contributed by atoms with van der Waals surface area (Å²) in [6.07, 6.45) is 3.82. The van der Waals surface area contributed by atoms with Crippen molar-refractivity contribution in [1.82, 2.24) is 25.1 Å². The van der Waals surface area contributed by atoms with Gasteiger partial charge < -0.3 is 15.2 Å². The predicted octanol–water partition coefficient (Wildman–Crippen LogP) is 1.25. The number of hydrogen-bond acceptors (Lipinski definition) is 4. The maximum absolute atomic E-state index is 12.9. The minimum Gasteiger partial charge on any atom is -0.357 e. The highest BCUT2D eigenvalue weighted by atomic mass is 16.2. The van der Waals surface area contributed by atoms with Crippen molar-refractivity contribution in [1.29, 1.82) is 0 Å². The highest BCUT2D eigenvalue weighted by Gasteiger charge is 2.34. The second-order valence-electron chi connectivity index (χ2n) is 7.54. The third-order valence-corrected chi connectivity index (χ3v) is 4.41. The van der Waals surface area contributed by atoms with Gasteiger partial charge >= 0.3 is 0 Å². The van der Waals surface area contributed by atoms with Crippen LogP contribution in [0.3, 0.4) is 0 Å². The summed E-state index contributed by atoms with van der Waals surface area (Å²) in [6, 6.07) is -0.631. The number of allylic oxidation sites excluding steroid dienone is 1. The molecule has 7 heteroatoms. The molecule has 0 aliphatic carbocycles. The van der Waals surface area contributed by atoms with E-state index in [-0.39, 0.29) is 11.8 Å². The van der Waals surface area contributed by atoms with Crippen molar-refractivity contribution in [3.63, 3.8) is 0 Å². The van der Waals surface area contributed by atoms with Crippen molar-refractivity contribution >= 4 is 17.9 Å². The van der Waals surface area contributed by atoms with Gasteiger partial charge in [0.05, 0.1) is 5.69 Å². The molecule has 0 bridgehead atoms. The fraction of sp³-hybridized carbons (Fsp3) is 0.611. The van der Waals surface area contributed by atoms with Gasteiger partial charge in [-0.15, -0.1) is 0 Å². The Bertz CT molecular complexity index is 684. The van der Waals surface area contributed by atoms with Crippen molar-refractivity contribution in [2.75, 3.05) is 20.6 Å². The lowest BCUT2D eigenvalue weighted by atomic mass is 9.86. The van der Waals surface area contributed by atoms with Gasteiger partial charge in [-0.25, -0.2) is 4.98 Å². The Morgan fingerprint density at radius 1 is 1.28 bits per heavy atom. The minimum atomic E-state index is -0.631. The Morgan fingerprint density at radius 3 is 2.52 bits per heavy atom. The quantitative estimate of drug-likeness (QED) is 0.859. The second kappa shape index (κ2) is 7.39. The molecule has 1 aliphatic heterocycles. The third kappa shape index (κ3) is 4.10. The molecule has 1 aliphatic rings. The van der Waals surface area contributed by atoms with Crippen LogP contribution in [0.5, 0.6) is 0 Å². The molecule has 138 valence electrons. The lowest BCUT2D eigenvalue weighted by molar-refractivity contribution is -0.124. The van der Waals surface area contributed by atoms with Gasteiger partial charge in [0.1, 0.15) is 11.9 Å². The third-order valence-electron chi connectivity index (χ3n) is 4.41. The fourth-order valence-electron chi connectivity index (χ4n) is 3.00. The Hall–Kier alpha value is -2.15. The van der Waals surface area contributed by atoms with Gasteiger partial charge in [0.2, 0.25) is 5.91 Å². The molecule has 2 amide bonds. The van der Waals surface area contributed by atoms with Crippen LogP contribution in [0.1, 0.15) is 49.7 Å². The molecule has 2 rings (SSSR count). The van der Waals surface area contributed by atoms with E-state index in [0.717, 1.165) is 24.6 Å². The summed E-state index contributed by atoms with van der Waals surface area (Å²) >= 11 is 0. The second-order valence-corrected chi connectivity index (χ2v) is 7.54. The number of carbonyl (C=O) groups is 2. The zero-order chi connectivity index (χ0) is 18.8. The molecule has 1 aromatic rings. The van der Waals surface area contributed by atoms with Gasteiger partial charge in [-0.1, -0.05) is 26.8 Å². The highest BCUT2D eigenvalue weighted by molar-refractivity contribution is 5.97. The SMILES string of the molecule is CC=Cc1nc(C(=O)NC(C(=O)NC)C(C)(C)C)c2n1CCN(C)C2. The van der Waals surface area contributed by atoms with Gasteiger partial charge in [0.25, 0.3) is 5.91 Å². The summed E-state index contributed by atoms with van der Waals surface area (Å²) in [5, 5.41) is 5.50. The molecular formula is C18H29N5O2. The number of amides is 2. The van der Waals surface area contributed by atoms with Crippen molar-refractivity contribution in [2.45, 2.75) is 46.8 Å². The van der Waals surface area contributed by atoms with Crippen LogP contribution in [0.15, 0.2) is 6.08 Å². The highest BCUT2D eigenvalue weighted by Crippen LogP contribution is 2.22. The molecule has 0 spiro atoms. The summed E-state index contributed by atoms with van der Waals surface area (Å²) in [7, 11) is 3.60. The number of likely N-dealkylation sites (N-methyl/N-ethyl adjacent to an activating group) is 2. The van der Waals surface area contributed by atoms with Gasteiger partial charge in [-0.2, -0.15) is 0 Å². The van der Waals surface area contributed by atoms with Crippen molar-refractivity contribution in [3.05, 3.63) is 23.3 Å². The number of carbonyl (C=O) groups excluding carboxylic acids is 2. The van der Waals surface area contributed by atoms with E-state index in [1.807, 2.05) is 46.9 Å². The van der Waals surface area contributed by atoms with E-state index in [2.05, 4.69) is 25.1 Å². The molecule has 25 heavy (non-hydrogen) atoms. The standard InChI is InChI=1S/C18H29N5O2/c1-7-8-13-20-14(12-11-22(6)9-10-23(12)13)16(24)21-15(17(25)19-5)18(2,3)4/h7-8,15H,9-11H2,1-6H3,(H,19,25)(H,21,24). The zero-order valence-electron chi connectivity index (χ0n) is 16.0. The molecule has 0 aromatic carbocycles. The first kappa shape index (κ1) is 19.2. The van der Waals surface area contributed by atoms with Crippen molar-refractivity contribution < 1.29 is 9.59 Å². The number of hydrogen-bond donors (Lipinski definition) is 2. The number of aromatic nitrogens is 2. The lowest BCUT2D eigenvalue weighted by Crippen LogP contribution is -2.53. The number of nitrogens with zero attached hydrogens (tertiary/aromatic N) is 3. The molecule has 0 radical (unpaired) electrons. The predicted molar refractivity (Wildman–Crippen MR) is 98.0 cm³/mol. The first-order valence-corrected chi connectivity index (χ1v) is 8.62. The van der Waals surface area contributed by atoms with Crippen molar-refractivity contribution in [2.24, 2.45) is 5.41 Å². The van der Waals surface area contributed by atoms with E-state index in [4.69, 9.17) is 0 Å². The molecule has 1 aromatic heterocycles. The molecule has 0 fully saturated rings. The van der Waals surface area contributed by atoms with E-state index < -0.39 is 11.5 Å². The van der Waals surface area contributed by atoms with Gasteiger partial charge in [0, 0.05) is 26.7 Å². The summed E-state index contributed by atoms with van der Waals surface area (Å²) in [6.45, 7) is 10.1. The van der Waals surface area contributed by atoms with Crippen LogP contribution in [-0.2, 0) is 17.9 Å². The summed E-state index contributed by atoms with van der Waals surface area (Å²) in [5.41, 5.74) is 0.889. The Morgan fingerprint density at radius 2 is 1.96 bits per heavy atom. The number of nitrogens with one attached hydrogen (secondary N) is 2. The fourth-order valence-corrected chi connectivity index (χ4v) is 3.00. The maximum Gasteiger partial charge on any atom is 0.272 e. The molecule has 2 N–H and O–H groups in total. The first-order chi connectivity index (χ1) is 11.7. The summed E-state index contributed by atoms with van der Waals surface area (Å²) in [4.78, 5) is 31.8. The van der Waals surface area contributed by atoms with Crippen LogP contribution in [0.2, 0.25) is 0 Å². The monoisotopic (exact) mass is 347 g/mol. The number of fused-ring (bicyclic) bond motifs is 1. The summed E-state index contributed by atoms with van der Waals surface area (Å²) < 4.78 is 2.08. The van der Waals surface area contributed by atoms with Gasteiger partial charge in [0.15, 0.2) is 5.69 Å². The van der Waals surface area contributed by atoms with E-state index in [1.54, 1.807) is 7.05 Å². The summed E-state index contributed by atoms with van der Waals surface area (Å²) in [5.74, 6) is 0.265. The van der Waals surface area contributed by atoms with Crippen LogP contribution in [0, 0.1) is 5.41 Å². The molecular weight excluding hydrogens is 318 g/mol. The van der Waals surface area contributed by atoms with E-state index >= 15 is 0 Å². The Kier molecular flexibility index (Phi) is 5.67. The lowest BCUT2D eigenvalue weighted by Gasteiger charge is -2.30. The van der Waals surface area contributed by atoms with E-state index in [9.17, 15) is 9.59 Å². The Balaban J connectivity index is 2.37. The number of rotatable bonds is 4. The van der Waals surface area contributed by atoms with Crippen LogP contribution < -0.4 is 10.6 Å². The Labute approximate surface area is 149 Å². The topological polar surface area (TPSA) is 79.3 Å². The average molecular weight is 347 g/mol.